The van der Waals surface area contributed by atoms with E-state index in [1.807, 2.05) is 0 Å². The molecule has 1 aromatic rings. The van der Waals surface area contributed by atoms with Gasteiger partial charge < -0.3 is 0 Å². The average Bonchev–Trinajstić information content (AvgIpc) is 2.03. The van der Waals surface area contributed by atoms with E-state index < -0.39 is 0 Å². The zero-order chi connectivity index (χ0) is 8.27. The van der Waals surface area contributed by atoms with Crippen LogP contribution in [-0.4, -0.2) is 6.26 Å². The first-order valence-electron chi connectivity index (χ1n) is 3.59. The van der Waals surface area contributed by atoms with Crippen molar-refractivity contribution in [2.24, 2.45) is 0 Å². The maximum Gasteiger partial charge on any atom is 0.0189 e. The Morgan fingerprint density at radius 2 is 2.09 bits per heavy atom. The monoisotopic (exact) mass is 230 g/mol. The highest BCUT2D eigenvalue weighted by atomic mass is 79.9. The Labute approximate surface area is 80.5 Å². The van der Waals surface area contributed by atoms with Gasteiger partial charge >= 0.3 is 0 Å². The van der Waals surface area contributed by atoms with Gasteiger partial charge in [0.15, 0.2) is 0 Å². The van der Waals surface area contributed by atoms with Gasteiger partial charge in [-0.1, -0.05) is 22.9 Å². The first kappa shape index (κ1) is 9.14. The van der Waals surface area contributed by atoms with Crippen LogP contribution in [0.1, 0.15) is 12.5 Å². The molecule has 0 saturated carbocycles. The van der Waals surface area contributed by atoms with Gasteiger partial charge in [0.05, 0.1) is 0 Å². The van der Waals surface area contributed by atoms with Crippen LogP contribution in [0.2, 0.25) is 0 Å². The molecule has 0 aliphatic heterocycles. The lowest BCUT2D eigenvalue weighted by Gasteiger charge is -2.01. The molecule has 0 heterocycles. The minimum Gasteiger partial charge on any atom is -0.130 e. The summed E-state index contributed by atoms with van der Waals surface area (Å²) >= 11 is 5.26. The van der Waals surface area contributed by atoms with Gasteiger partial charge in [-0.15, -0.1) is 11.8 Å². The van der Waals surface area contributed by atoms with Gasteiger partial charge in [-0.05, 0) is 36.4 Å². The molecule has 0 unspecified atom stereocenters. The number of thioether (sulfide) groups is 1. The van der Waals surface area contributed by atoms with Gasteiger partial charge in [-0.2, -0.15) is 0 Å². The molecule has 0 aromatic heterocycles. The third kappa shape index (κ3) is 2.53. The number of hydrogen-bond acceptors (Lipinski definition) is 1. The summed E-state index contributed by atoms with van der Waals surface area (Å²) in [7, 11) is 0. The number of benzene rings is 1. The highest BCUT2D eigenvalue weighted by Crippen LogP contribution is 2.22. The van der Waals surface area contributed by atoms with E-state index in [0.29, 0.717) is 0 Å². The molecule has 2 heteroatoms. The Bertz CT molecular complexity index is 223. The maximum atomic E-state index is 3.48. The minimum absolute atomic E-state index is 1.10. The molecule has 0 spiro atoms. The van der Waals surface area contributed by atoms with Crippen LogP contribution in [-0.2, 0) is 6.42 Å². The molecule has 1 aromatic carbocycles. The van der Waals surface area contributed by atoms with Crippen molar-refractivity contribution in [2.75, 3.05) is 6.26 Å². The lowest BCUT2D eigenvalue weighted by atomic mass is 10.2. The van der Waals surface area contributed by atoms with Crippen molar-refractivity contribution < 1.29 is 0 Å². The quantitative estimate of drug-likeness (QED) is 0.699. The summed E-state index contributed by atoms with van der Waals surface area (Å²) < 4.78 is 1.18. The second-order valence-electron chi connectivity index (χ2n) is 2.35. The van der Waals surface area contributed by atoms with Gasteiger partial charge in [0.25, 0.3) is 0 Å². The normalized spacial score (nSPS) is 10.1. The molecule has 0 N–H and O–H groups in total. The van der Waals surface area contributed by atoms with Crippen LogP contribution in [0.25, 0.3) is 0 Å². The highest BCUT2D eigenvalue weighted by molar-refractivity contribution is 9.10. The molecule has 0 nitrogen and oxygen atoms in total. The van der Waals surface area contributed by atoms with E-state index in [2.05, 4.69) is 47.3 Å². The topological polar surface area (TPSA) is 0 Å². The molecule has 0 aliphatic rings. The summed E-state index contributed by atoms with van der Waals surface area (Å²) in [6.45, 7) is 2.17. The van der Waals surface area contributed by atoms with E-state index in [9.17, 15) is 0 Å². The molecule has 60 valence electrons. The third-order valence-corrected chi connectivity index (χ3v) is 2.74. The fraction of sp³-hybridized carbons (Fsp3) is 0.333. The van der Waals surface area contributed by atoms with E-state index in [1.165, 1.54) is 14.9 Å². The van der Waals surface area contributed by atoms with Crippen LogP contribution < -0.4 is 0 Å². The fourth-order valence-corrected chi connectivity index (χ4v) is 2.15. The molecule has 0 atom stereocenters. The Kier molecular flexibility index (Phi) is 3.46. The van der Waals surface area contributed by atoms with Crippen molar-refractivity contribution in [3.8, 4) is 0 Å². The van der Waals surface area contributed by atoms with Crippen LogP contribution in [0.4, 0.5) is 0 Å². The summed E-state index contributed by atoms with van der Waals surface area (Å²) in [5.41, 5.74) is 1.39. The number of rotatable bonds is 2. The molecular weight excluding hydrogens is 220 g/mol. The smallest absolute Gasteiger partial charge is 0.0189 e. The van der Waals surface area contributed by atoms with E-state index in [-0.39, 0.29) is 0 Å². The first-order chi connectivity index (χ1) is 5.26. The largest absolute Gasteiger partial charge is 0.130 e. The molecule has 0 radical (unpaired) electrons. The molecule has 0 aliphatic carbocycles. The number of hydrogen-bond donors (Lipinski definition) is 0. The van der Waals surface area contributed by atoms with Crippen molar-refractivity contribution in [2.45, 2.75) is 18.2 Å². The highest BCUT2D eigenvalue weighted by Gasteiger charge is 1.95. The van der Waals surface area contributed by atoms with Crippen molar-refractivity contribution in [1.82, 2.24) is 0 Å². The summed E-state index contributed by atoms with van der Waals surface area (Å²) in [6, 6.07) is 6.54. The molecule has 1 rings (SSSR count). The zero-order valence-electron chi connectivity index (χ0n) is 6.73. The molecule has 11 heavy (non-hydrogen) atoms. The Hall–Kier alpha value is 0.0500. The molecular formula is C9H11BrS. The Morgan fingerprint density at radius 3 is 2.64 bits per heavy atom. The van der Waals surface area contributed by atoms with Gasteiger partial charge in [0, 0.05) is 9.37 Å². The number of aryl methyl sites for hydroxylation is 1. The Morgan fingerprint density at radius 1 is 1.36 bits per heavy atom. The van der Waals surface area contributed by atoms with Gasteiger partial charge in [-0.25, -0.2) is 0 Å². The molecule has 0 amide bonds. The van der Waals surface area contributed by atoms with Gasteiger partial charge in [0.2, 0.25) is 0 Å². The van der Waals surface area contributed by atoms with E-state index in [1.54, 1.807) is 11.8 Å². The van der Waals surface area contributed by atoms with E-state index >= 15 is 0 Å². The first-order valence-corrected chi connectivity index (χ1v) is 5.61. The average molecular weight is 231 g/mol. The van der Waals surface area contributed by atoms with E-state index in [0.717, 1.165) is 6.42 Å². The van der Waals surface area contributed by atoms with Crippen molar-refractivity contribution >= 4 is 27.7 Å². The lowest BCUT2D eigenvalue weighted by Crippen LogP contribution is -1.80. The van der Waals surface area contributed by atoms with Crippen molar-refractivity contribution in [3.63, 3.8) is 0 Å². The molecule has 0 saturated heterocycles. The minimum atomic E-state index is 1.10. The molecule has 0 fully saturated rings. The van der Waals surface area contributed by atoms with Crippen LogP contribution in [0.5, 0.6) is 0 Å². The molecule has 0 bridgehead atoms. The third-order valence-electron chi connectivity index (χ3n) is 1.58. The second kappa shape index (κ2) is 4.17. The van der Waals surface area contributed by atoms with E-state index in [4.69, 9.17) is 0 Å². The zero-order valence-corrected chi connectivity index (χ0v) is 9.13. The lowest BCUT2D eigenvalue weighted by molar-refractivity contribution is 1.12. The van der Waals surface area contributed by atoms with Gasteiger partial charge in [0.1, 0.15) is 0 Å². The van der Waals surface area contributed by atoms with Crippen molar-refractivity contribution in [1.29, 1.82) is 0 Å². The second-order valence-corrected chi connectivity index (χ2v) is 4.15. The maximum absolute atomic E-state index is 3.48. The SMILES string of the molecule is CCc1cc(Br)cc(SC)c1. The standard InChI is InChI=1S/C9H11BrS/c1-3-7-4-8(10)6-9(5-7)11-2/h4-6H,3H2,1-2H3. The fourth-order valence-electron chi connectivity index (χ4n) is 0.943. The summed E-state index contributed by atoms with van der Waals surface area (Å²) in [5.74, 6) is 0. The number of halogens is 1. The van der Waals surface area contributed by atoms with Crippen LogP contribution >= 0.6 is 27.7 Å². The van der Waals surface area contributed by atoms with Crippen LogP contribution in [0, 0.1) is 0 Å². The van der Waals surface area contributed by atoms with Gasteiger partial charge in [-0.3, -0.25) is 0 Å². The van der Waals surface area contributed by atoms with Crippen molar-refractivity contribution in [3.05, 3.63) is 28.2 Å². The predicted octanol–water partition coefficient (Wildman–Crippen LogP) is 3.73. The summed E-state index contributed by atoms with van der Waals surface area (Å²) in [4.78, 5) is 1.33. The van der Waals surface area contributed by atoms with Crippen LogP contribution in [0.15, 0.2) is 27.6 Å². The summed E-state index contributed by atoms with van der Waals surface area (Å²) in [6.07, 6.45) is 3.20. The van der Waals surface area contributed by atoms with Crippen LogP contribution in [0.3, 0.4) is 0 Å². The summed E-state index contributed by atoms with van der Waals surface area (Å²) in [5, 5.41) is 0. The predicted molar refractivity (Wildman–Crippen MR) is 55.3 cm³/mol. The Balaban J connectivity index is 3.02.